The van der Waals surface area contributed by atoms with Crippen LogP contribution in [-0.2, 0) is 6.54 Å². The topological polar surface area (TPSA) is 29.3 Å². The largest absolute Gasteiger partial charge is 0.328 e. The van der Waals surface area contributed by atoms with Crippen LogP contribution in [0.3, 0.4) is 0 Å². The first kappa shape index (κ1) is 11.1. The van der Waals surface area contributed by atoms with Crippen molar-refractivity contribution >= 4 is 15.9 Å². The molecule has 0 saturated heterocycles. The van der Waals surface area contributed by atoms with Crippen LogP contribution in [0.1, 0.15) is 18.4 Å². The van der Waals surface area contributed by atoms with Gasteiger partial charge in [-0.25, -0.2) is 0 Å². The molecule has 0 heterocycles. The van der Waals surface area contributed by atoms with Gasteiger partial charge in [-0.05, 0) is 37.6 Å². The van der Waals surface area contributed by atoms with Crippen molar-refractivity contribution in [2.75, 3.05) is 7.05 Å². The van der Waals surface area contributed by atoms with Crippen LogP contribution in [0.15, 0.2) is 28.7 Å². The number of hydrogen-bond acceptors (Lipinski definition) is 2. The molecule has 1 saturated carbocycles. The zero-order chi connectivity index (χ0) is 10.8. The summed E-state index contributed by atoms with van der Waals surface area (Å²) >= 11 is 3.44. The molecule has 0 aromatic heterocycles. The molecule has 1 fully saturated rings. The summed E-state index contributed by atoms with van der Waals surface area (Å²) in [7, 11) is 2.18. The van der Waals surface area contributed by atoms with Gasteiger partial charge in [-0.2, -0.15) is 0 Å². The summed E-state index contributed by atoms with van der Waals surface area (Å²) in [6.45, 7) is 1.02. The van der Waals surface area contributed by atoms with Crippen LogP contribution in [0.25, 0.3) is 0 Å². The Morgan fingerprint density at radius 2 is 1.93 bits per heavy atom. The Bertz CT molecular complexity index is 317. The molecule has 1 aromatic carbocycles. The highest BCUT2D eigenvalue weighted by molar-refractivity contribution is 9.10. The molecule has 0 radical (unpaired) electrons. The first-order valence-electron chi connectivity index (χ1n) is 5.35. The Morgan fingerprint density at radius 3 is 2.47 bits per heavy atom. The third-order valence-corrected chi connectivity index (χ3v) is 3.65. The van der Waals surface area contributed by atoms with Gasteiger partial charge in [0.05, 0.1) is 0 Å². The monoisotopic (exact) mass is 268 g/mol. The molecule has 15 heavy (non-hydrogen) atoms. The van der Waals surface area contributed by atoms with E-state index in [1.807, 2.05) is 0 Å². The van der Waals surface area contributed by atoms with Crippen molar-refractivity contribution in [3.8, 4) is 0 Å². The lowest BCUT2D eigenvalue weighted by Crippen LogP contribution is -2.48. The average molecular weight is 269 g/mol. The minimum Gasteiger partial charge on any atom is -0.328 e. The van der Waals surface area contributed by atoms with Gasteiger partial charge in [-0.15, -0.1) is 0 Å². The van der Waals surface area contributed by atoms with Crippen molar-refractivity contribution in [3.63, 3.8) is 0 Å². The van der Waals surface area contributed by atoms with Gasteiger partial charge in [0.15, 0.2) is 0 Å². The van der Waals surface area contributed by atoms with Gasteiger partial charge in [-0.1, -0.05) is 28.1 Å². The van der Waals surface area contributed by atoms with E-state index >= 15 is 0 Å². The van der Waals surface area contributed by atoms with E-state index in [4.69, 9.17) is 5.73 Å². The van der Waals surface area contributed by atoms with Crippen molar-refractivity contribution in [2.24, 2.45) is 5.73 Å². The molecule has 2 nitrogen and oxygen atoms in total. The van der Waals surface area contributed by atoms with Crippen LogP contribution in [0, 0.1) is 0 Å². The van der Waals surface area contributed by atoms with E-state index in [9.17, 15) is 0 Å². The Hall–Kier alpha value is -0.380. The third-order valence-electron chi connectivity index (χ3n) is 3.12. The normalized spacial score (nSPS) is 25.3. The molecule has 0 amide bonds. The average Bonchev–Trinajstić information content (AvgIpc) is 2.17. The van der Waals surface area contributed by atoms with Crippen LogP contribution in [0.2, 0.25) is 0 Å². The lowest BCUT2D eigenvalue weighted by atomic mass is 9.86. The Morgan fingerprint density at radius 1 is 1.33 bits per heavy atom. The molecular weight excluding hydrogens is 252 g/mol. The van der Waals surface area contributed by atoms with Crippen molar-refractivity contribution in [2.45, 2.75) is 31.5 Å². The predicted molar refractivity (Wildman–Crippen MR) is 66.6 cm³/mol. The SMILES string of the molecule is CN(Cc1ccc(Br)cc1)C1CC(N)C1. The number of nitrogens with zero attached hydrogens (tertiary/aromatic N) is 1. The summed E-state index contributed by atoms with van der Waals surface area (Å²) in [6, 6.07) is 9.63. The summed E-state index contributed by atoms with van der Waals surface area (Å²) in [5.74, 6) is 0. The Kier molecular flexibility index (Phi) is 3.44. The molecule has 3 heteroatoms. The molecule has 0 aliphatic heterocycles. The fourth-order valence-corrected chi connectivity index (χ4v) is 2.26. The van der Waals surface area contributed by atoms with Gasteiger partial charge >= 0.3 is 0 Å². The van der Waals surface area contributed by atoms with Gasteiger partial charge in [0, 0.05) is 23.1 Å². The molecule has 0 atom stereocenters. The number of nitrogens with two attached hydrogens (primary N) is 1. The lowest BCUT2D eigenvalue weighted by Gasteiger charge is -2.39. The highest BCUT2D eigenvalue weighted by Gasteiger charge is 2.28. The minimum absolute atomic E-state index is 0.433. The molecule has 2 rings (SSSR count). The van der Waals surface area contributed by atoms with E-state index in [1.54, 1.807) is 0 Å². The molecule has 1 aliphatic carbocycles. The maximum Gasteiger partial charge on any atom is 0.0233 e. The van der Waals surface area contributed by atoms with E-state index in [0.717, 1.165) is 23.9 Å². The summed E-state index contributed by atoms with van der Waals surface area (Å²) < 4.78 is 1.14. The molecular formula is C12H17BrN2. The van der Waals surface area contributed by atoms with Gasteiger partial charge in [0.2, 0.25) is 0 Å². The maximum atomic E-state index is 5.79. The van der Waals surface area contributed by atoms with E-state index in [1.165, 1.54) is 5.56 Å². The second-order valence-corrected chi connectivity index (χ2v) is 5.34. The Labute approximate surface area is 99.6 Å². The van der Waals surface area contributed by atoms with E-state index in [0.29, 0.717) is 12.1 Å². The van der Waals surface area contributed by atoms with Crippen LogP contribution < -0.4 is 5.73 Å². The fourth-order valence-electron chi connectivity index (χ4n) is 2.00. The Balaban J connectivity index is 1.88. The fraction of sp³-hybridized carbons (Fsp3) is 0.500. The van der Waals surface area contributed by atoms with Crippen molar-refractivity contribution in [1.82, 2.24) is 4.90 Å². The summed E-state index contributed by atoms with van der Waals surface area (Å²) in [5.41, 5.74) is 7.15. The minimum atomic E-state index is 0.433. The van der Waals surface area contributed by atoms with Gasteiger partial charge in [0.1, 0.15) is 0 Å². The van der Waals surface area contributed by atoms with Gasteiger partial charge in [0.25, 0.3) is 0 Å². The predicted octanol–water partition coefficient (Wildman–Crippen LogP) is 2.37. The van der Waals surface area contributed by atoms with Gasteiger partial charge < -0.3 is 5.73 Å². The van der Waals surface area contributed by atoms with Crippen molar-refractivity contribution in [1.29, 1.82) is 0 Å². The number of rotatable bonds is 3. The molecule has 0 spiro atoms. The highest BCUT2D eigenvalue weighted by Crippen LogP contribution is 2.24. The smallest absolute Gasteiger partial charge is 0.0233 e. The summed E-state index contributed by atoms with van der Waals surface area (Å²) in [5, 5.41) is 0. The zero-order valence-electron chi connectivity index (χ0n) is 8.99. The van der Waals surface area contributed by atoms with E-state index in [2.05, 4.69) is 52.1 Å². The van der Waals surface area contributed by atoms with Crippen LogP contribution in [-0.4, -0.2) is 24.0 Å². The molecule has 82 valence electrons. The molecule has 1 aromatic rings. The standard InChI is InChI=1S/C12H17BrN2/c1-15(12-6-11(14)7-12)8-9-2-4-10(13)5-3-9/h2-5,11-12H,6-8,14H2,1H3. The van der Waals surface area contributed by atoms with Crippen molar-refractivity contribution in [3.05, 3.63) is 34.3 Å². The van der Waals surface area contributed by atoms with Crippen LogP contribution >= 0.6 is 15.9 Å². The second kappa shape index (κ2) is 4.64. The first-order chi connectivity index (χ1) is 7.15. The molecule has 0 unspecified atom stereocenters. The molecule has 1 aliphatic rings. The van der Waals surface area contributed by atoms with Crippen LogP contribution in [0.4, 0.5) is 0 Å². The first-order valence-corrected chi connectivity index (χ1v) is 6.14. The number of hydrogen-bond donors (Lipinski definition) is 1. The zero-order valence-corrected chi connectivity index (χ0v) is 10.6. The number of benzene rings is 1. The summed E-state index contributed by atoms with van der Waals surface area (Å²) in [6.07, 6.45) is 2.29. The summed E-state index contributed by atoms with van der Waals surface area (Å²) in [4.78, 5) is 2.40. The van der Waals surface area contributed by atoms with Crippen molar-refractivity contribution < 1.29 is 0 Å². The molecule has 2 N–H and O–H groups in total. The molecule has 0 bridgehead atoms. The van der Waals surface area contributed by atoms with E-state index < -0.39 is 0 Å². The highest BCUT2D eigenvalue weighted by atomic mass is 79.9. The maximum absolute atomic E-state index is 5.79. The number of halogens is 1. The second-order valence-electron chi connectivity index (χ2n) is 4.43. The van der Waals surface area contributed by atoms with Crippen LogP contribution in [0.5, 0.6) is 0 Å². The lowest BCUT2D eigenvalue weighted by molar-refractivity contribution is 0.132. The van der Waals surface area contributed by atoms with Gasteiger partial charge in [-0.3, -0.25) is 4.90 Å². The quantitative estimate of drug-likeness (QED) is 0.912. The van der Waals surface area contributed by atoms with E-state index in [-0.39, 0.29) is 0 Å². The third kappa shape index (κ3) is 2.80.